The molecule has 0 saturated carbocycles. The fraction of sp³-hybridized carbons (Fsp3) is 0.500. The molecule has 1 rings (SSSR count). The highest BCUT2D eigenvalue weighted by Gasteiger charge is 2.20. The topological polar surface area (TPSA) is 95.5 Å². The van der Waals surface area contributed by atoms with Gasteiger partial charge in [-0.3, -0.25) is 14.4 Å². The number of benzene rings is 1. The minimum absolute atomic E-state index is 0.0499. The molecule has 0 aliphatic carbocycles. The van der Waals surface area contributed by atoms with Crippen LogP contribution < -0.4 is 10.6 Å². The van der Waals surface area contributed by atoms with Crippen molar-refractivity contribution in [1.82, 2.24) is 5.32 Å². The summed E-state index contributed by atoms with van der Waals surface area (Å²) in [6.07, 6.45) is 4.04. The molecule has 3 N–H and O–H groups in total. The average molecular weight is 334 g/mol. The van der Waals surface area contributed by atoms with E-state index in [0.717, 1.165) is 25.7 Å². The molecule has 0 fully saturated rings. The van der Waals surface area contributed by atoms with Crippen molar-refractivity contribution < 1.29 is 19.5 Å². The van der Waals surface area contributed by atoms with Crippen molar-refractivity contribution in [1.29, 1.82) is 0 Å². The number of hydrogen-bond donors (Lipinski definition) is 3. The molecule has 1 aromatic carbocycles. The number of rotatable bonds is 11. The molecule has 0 heterocycles. The number of ketones is 1. The minimum atomic E-state index is -1.03. The fourth-order valence-corrected chi connectivity index (χ4v) is 2.26. The van der Waals surface area contributed by atoms with Crippen molar-refractivity contribution in [3.63, 3.8) is 0 Å². The molecular formula is C18H26N2O4. The molecular weight excluding hydrogens is 308 g/mol. The summed E-state index contributed by atoms with van der Waals surface area (Å²) >= 11 is 0. The van der Waals surface area contributed by atoms with Gasteiger partial charge in [-0.05, 0) is 44.2 Å². The van der Waals surface area contributed by atoms with Crippen LogP contribution in [0.1, 0.15) is 56.3 Å². The van der Waals surface area contributed by atoms with Gasteiger partial charge in [-0.1, -0.05) is 26.2 Å². The van der Waals surface area contributed by atoms with Crippen molar-refractivity contribution in [3.8, 4) is 0 Å². The normalized spacial score (nSPS) is 11.8. The zero-order valence-electron chi connectivity index (χ0n) is 14.3. The Morgan fingerprint density at radius 1 is 1.08 bits per heavy atom. The van der Waals surface area contributed by atoms with Gasteiger partial charge in [-0.25, -0.2) is 0 Å². The summed E-state index contributed by atoms with van der Waals surface area (Å²) in [6, 6.07) is 5.60. The van der Waals surface area contributed by atoms with Crippen molar-refractivity contribution in [3.05, 3.63) is 29.8 Å². The van der Waals surface area contributed by atoms with Crippen LogP contribution in [0.2, 0.25) is 0 Å². The summed E-state index contributed by atoms with van der Waals surface area (Å²) < 4.78 is 0. The van der Waals surface area contributed by atoms with Crippen molar-refractivity contribution >= 4 is 23.3 Å². The van der Waals surface area contributed by atoms with Crippen molar-refractivity contribution in [2.75, 3.05) is 11.9 Å². The van der Waals surface area contributed by atoms with Gasteiger partial charge in [-0.15, -0.1) is 0 Å². The van der Waals surface area contributed by atoms with Gasteiger partial charge in [0, 0.05) is 11.3 Å². The molecule has 0 aliphatic rings. The van der Waals surface area contributed by atoms with E-state index < -0.39 is 12.0 Å². The molecule has 132 valence electrons. The first-order valence-corrected chi connectivity index (χ1v) is 8.31. The van der Waals surface area contributed by atoms with E-state index in [9.17, 15) is 19.5 Å². The van der Waals surface area contributed by atoms with Crippen LogP contribution in [0, 0.1) is 0 Å². The first kappa shape index (κ1) is 19.8. The maximum absolute atomic E-state index is 12.0. The van der Waals surface area contributed by atoms with Gasteiger partial charge in [0.15, 0.2) is 5.78 Å². The highest BCUT2D eigenvalue weighted by Crippen LogP contribution is 2.11. The summed E-state index contributed by atoms with van der Waals surface area (Å²) in [6.45, 7) is 4.16. The lowest BCUT2D eigenvalue weighted by atomic mass is 10.1. The maximum Gasteiger partial charge on any atom is 0.321 e. The number of unbranched alkanes of at least 4 members (excludes halogenated alkanes) is 3. The van der Waals surface area contributed by atoms with Gasteiger partial charge in [0.1, 0.15) is 6.04 Å². The van der Waals surface area contributed by atoms with Gasteiger partial charge in [0.2, 0.25) is 5.91 Å². The van der Waals surface area contributed by atoms with Gasteiger partial charge >= 0.3 is 5.97 Å². The van der Waals surface area contributed by atoms with Crippen LogP contribution in [-0.4, -0.2) is 35.4 Å². The predicted octanol–water partition coefficient (Wildman–Crippen LogP) is 2.84. The lowest BCUT2D eigenvalue weighted by Crippen LogP contribution is -2.40. The summed E-state index contributed by atoms with van der Waals surface area (Å²) in [7, 11) is 0. The molecule has 6 heteroatoms. The van der Waals surface area contributed by atoms with E-state index in [0.29, 0.717) is 17.8 Å². The summed E-state index contributed by atoms with van der Waals surface area (Å²) in [5.41, 5.74) is 1.10. The van der Waals surface area contributed by atoms with Crippen molar-refractivity contribution in [2.24, 2.45) is 0 Å². The van der Waals surface area contributed by atoms with E-state index in [1.807, 2.05) is 0 Å². The van der Waals surface area contributed by atoms with E-state index in [2.05, 4.69) is 17.6 Å². The third kappa shape index (κ3) is 7.37. The number of carbonyl (C=O) groups excluding carboxylic acids is 2. The molecule has 0 aromatic heterocycles. The minimum Gasteiger partial charge on any atom is -0.480 e. The number of carbonyl (C=O) groups is 3. The molecule has 0 saturated heterocycles. The summed E-state index contributed by atoms with van der Waals surface area (Å²) in [5, 5.41) is 14.8. The van der Waals surface area contributed by atoms with E-state index in [4.69, 9.17) is 0 Å². The van der Waals surface area contributed by atoms with E-state index in [-0.39, 0.29) is 18.1 Å². The van der Waals surface area contributed by atoms with Crippen LogP contribution >= 0.6 is 0 Å². The first-order chi connectivity index (χ1) is 11.4. The molecule has 1 aromatic rings. The Bertz CT molecular complexity index is 555. The lowest BCUT2D eigenvalue weighted by molar-refractivity contribution is -0.141. The average Bonchev–Trinajstić information content (AvgIpc) is 2.53. The van der Waals surface area contributed by atoms with Crippen LogP contribution in [0.3, 0.4) is 0 Å². The van der Waals surface area contributed by atoms with Gasteiger partial charge < -0.3 is 15.7 Å². The van der Waals surface area contributed by atoms with E-state index in [1.54, 1.807) is 24.3 Å². The molecule has 0 radical (unpaired) electrons. The zero-order chi connectivity index (χ0) is 17.9. The Hall–Kier alpha value is -2.21. The SMILES string of the molecule is CCCCCCN[C@@H](CC(=O)Nc1ccc(C(C)=O)cc1)C(=O)O. The molecule has 0 aliphatic heterocycles. The number of hydrogen-bond acceptors (Lipinski definition) is 4. The highest BCUT2D eigenvalue weighted by molar-refractivity contribution is 5.96. The smallest absolute Gasteiger partial charge is 0.321 e. The second-order valence-electron chi connectivity index (χ2n) is 5.79. The van der Waals surface area contributed by atoms with Crippen molar-refractivity contribution in [2.45, 2.75) is 52.0 Å². The number of anilines is 1. The molecule has 0 unspecified atom stereocenters. The van der Waals surface area contributed by atoms with E-state index >= 15 is 0 Å². The summed E-state index contributed by atoms with van der Waals surface area (Å²) in [4.78, 5) is 34.5. The van der Waals surface area contributed by atoms with Crippen LogP contribution in [0.15, 0.2) is 24.3 Å². The Morgan fingerprint density at radius 3 is 2.29 bits per heavy atom. The number of nitrogens with one attached hydrogen (secondary N) is 2. The second kappa shape index (κ2) is 10.5. The third-order valence-electron chi connectivity index (χ3n) is 3.68. The van der Waals surface area contributed by atoms with Crippen LogP contribution in [0.5, 0.6) is 0 Å². The number of carboxylic acids is 1. The molecule has 0 spiro atoms. The Labute approximate surface area is 142 Å². The zero-order valence-corrected chi connectivity index (χ0v) is 14.3. The van der Waals surface area contributed by atoms with Gasteiger partial charge in [-0.2, -0.15) is 0 Å². The quantitative estimate of drug-likeness (QED) is 0.427. The van der Waals surface area contributed by atoms with E-state index in [1.165, 1.54) is 6.92 Å². The van der Waals surface area contributed by atoms with Gasteiger partial charge in [0.05, 0.1) is 6.42 Å². The Kier molecular flexibility index (Phi) is 8.71. The highest BCUT2D eigenvalue weighted by atomic mass is 16.4. The van der Waals surface area contributed by atoms with Crippen LogP contribution in [0.4, 0.5) is 5.69 Å². The largest absolute Gasteiger partial charge is 0.480 e. The van der Waals surface area contributed by atoms with Gasteiger partial charge in [0.25, 0.3) is 0 Å². The van der Waals surface area contributed by atoms with Crippen LogP contribution in [0.25, 0.3) is 0 Å². The molecule has 6 nitrogen and oxygen atoms in total. The second-order valence-corrected chi connectivity index (χ2v) is 5.79. The monoisotopic (exact) mass is 334 g/mol. The molecule has 0 bridgehead atoms. The molecule has 24 heavy (non-hydrogen) atoms. The maximum atomic E-state index is 12.0. The fourth-order valence-electron chi connectivity index (χ4n) is 2.26. The number of aliphatic carboxylic acids is 1. The first-order valence-electron chi connectivity index (χ1n) is 8.31. The Balaban J connectivity index is 2.46. The predicted molar refractivity (Wildman–Crippen MR) is 93.3 cm³/mol. The standard InChI is InChI=1S/C18H26N2O4/c1-3-4-5-6-11-19-16(18(23)24)12-17(22)20-15-9-7-14(8-10-15)13(2)21/h7-10,16,19H,3-6,11-12H2,1-2H3,(H,20,22)(H,23,24)/t16-/m0/s1. The lowest BCUT2D eigenvalue weighted by Gasteiger charge is -2.14. The molecule has 1 atom stereocenters. The Morgan fingerprint density at radius 2 is 1.75 bits per heavy atom. The number of Topliss-reactive ketones (excluding diaryl/α,β-unsaturated/α-hetero) is 1. The number of amides is 1. The summed E-state index contributed by atoms with van der Waals surface area (Å²) in [5.74, 6) is -1.46. The van der Waals surface area contributed by atoms with Crippen LogP contribution in [-0.2, 0) is 9.59 Å². The molecule has 1 amide bonds. The third-order valence-corrected chi connectivity index (χ3v) is 3.68. The number of carboxylic acid groups (broad SMARTS) is 1.